The van der Waals surface area contributed by atoms with Gasteiger partial charge in [0.05, 0.1) is 0 Å². The number of hydrogen-bond donors (Lipinski definition) is 1. The molecule has 0 bridgehead atoms. The van der Waals surface area contributed by atoms with Crippen LogP contribution in [0.1, 0.15) is 18.4 Å². The standard InChI is InChI=1S/C10H14BrN3/c11-9-5-8(10(12)13-6-9)7-14-3-1-2-4-14/h5-6H,1-4,7H2,(H2,12,13). The van der Waals surface area contributed by atoms with Gasteiger partial charge in [-0.3, -0.25) is 4.90 Å². The molecule has 14 heavy (non-hydrogen) atoms. The van der Waals surface area contributed by atoms with Gasteiger partial charge in [-0.25, -0.2) is 4.98 Å². The average Bonchev–Trinajstić information content (AvgIpc) is 2.64. The fourth-order valence-corrected chi connectivity index (χ4v) is 2.18. The molecule has 0 spiro atoms. The van der Waals surface area contributed by atoms with Crippen LogP contribution < -0.4 is 5.73 Å². The molecule has 1 aromatic heterocycles. The monoisotopic (exact) mass is 255 g/mol. The molecule has 0 unspecified atom stereocenters. The molecule has 2 rings (SSSR count). The second-order valence-corrected chi connectivity index (χ2v) is 4.60. The van der Waals surface area contributed by atoms with Crippen LogP contribution >= 0.6 is 15.9 Å². The van der Waals surface area contributed by atoms with Gasteiger partial charge in [0, 0.05) is 22.8 Å². The molecule has 2 N–H and O–H groups in total. The van der Waals surface area contributed by atoms with E-state index in [0.29, 0.717) is 5.82 Å². The van der Waals surface area contributed by atoms with Gasteiger partial charge in [-0.2, -0.15) is 0 Å². The maximum atomic E-state index is 5.81. The summed E-state index contributed by atoms with van der Waals surface area (Å²) >= 11 is 3.41. The van der Waals surface area contributed by atoms with Crippen molar-refractivity contribution in [1.82, 2.24) is 9.88 Å². The topological polar surface area (TPSA) is 42.1 Å². The fraction of sp³-hybridized carbons (Fsp3) is 0.500. The van der Waals surface area contributed by atoms with Gasteiger partial charge in [0.15, 0.2) is 0 Å². The maximum absolute atomic E-state index is 5.81. The second-order valence-electron chi connectivity index (χ2n) is 3.68. The van der Waals surface area contributed by atoms with E-state index < -0.39 is 0 Å². The third-order valence-electron chi connectivity index (χ3n) is 2.56. The zero-order chi connectivity index (χ0) is 9.97. The molecule has 1 aliphatic heterocycles. The molecule has 0 amide bonds. The van der Waals surface area contributed by atoms with Crippen molar-refractivity contribution in [2.24, 2.45) is 0 Å². The van der Waals surface area contributed by atoms with Crippen LogP contribution in [0.4, 0.5) is 5.82 Å². The minimum Gasteiger partial charge on any atom is -0.383 e. The molecule has 1 saturated heterocycles. The van der Waals surface area contributed by atoms with Gasteiger partial charge in [0.2, 0.25) is 0 Å². The summed E-state index contributed by atoms with van der Waals surface area (Å²) in [6, 6.07) is 2.06. The molecule has 0 aromatic carbocycles. The first-order valence-electron chi connectivity index (χ1n) is 4.88. The van der Waals surface area contributed by atoms with Crippen molar-refractivity contribution >= 4 is 21.7 Å². The number of halogens is 1. The number of nitrogens with zero attached hydrogens (tertiary/aromatic N) is 2. The van der Waals surface area contributed by atoms with Crippen LogP contribution in [0.2, 0.25) is 0 Å². The Hall–Kier alpha value is -0.610. The summed E-state index contributed by atoms with van der Waals surface area (Å²) in [6.07, 6.45) is 4.35. The van der Waals surface area contributed by atoms with E-state index in [0.717, 1.165) is 16.6 Å². The Morgan fingerprint density at radius 3 is 2.86 bits per heavy atom. The maximum Gasteiger partial charge on any atom is 0.127 e. The molecular weight excluding hydrogens is 242 g/mol. The van der Waals surface area contributed by atoms with Crippen molar-refractivity contribution in [3.8, 4) is 0 Å². The van der Waals surface area contributed by atoms with Crippen LogP contribution in [0.25, 0.3) is 0 Å². The van der Waals surface area contributed by atoms with Gasteiger partial charge in [-0.1, -0.05) is 0 Å². The summed E-state index contributed by atoms with van der Waals surface area (Å²) in [5.74, 6) is 0.653. The highest BCUT2D eigenvalue weighted by molar-refractivity contribution is 9.10. The largest absolute Gasteiger partial charge is 0.383 e. The number of nitrogens with two attached hydrogens (primary N) is 1. The van der Waals surface area contributed by atoms with E-state index in [1.807, 2.05) is 0 Å². The van der Waals surface area contributed by atoms with E-state index in [1.165, 1.54) is 25.9 Å². The van der Waals surface area contributed by atoms with Crippen molar-refractivity contribution in [3.63, 3.8) is 0 Å². The highest BCUT2D eigenvalue weighted by Gasteiger charge is 2.13. The molecule has 4 heteroatoms. The average molecular weight is 256 g/mol. The normalized spacial score (nSPS) is 17.5. The first kappa shape index (κ1) is 9.93. The predicted molar refractivity (Wildman–Crippen MR) is 60.9 cm³/mol. The number of likely N-dealkylation sites (tertiary alicyclic amines) is 1. The summed E-state index contributed by atoms with van der Waals surface area (Å²) in [7, 11) is 0. The van der Waals surface area contributed by atoms with Gasteiger partial charge in [0.25, 0.3) is 0 Å². The van der Waals surface area contributed by atoms with Gasteiger partial charge in [-0.05, 0) is 47.9 Å². The lowest BCUT2D eigenvalue weighted by Crippen LogP contribution is -2.19. The summed E-state index contributed by atoms with van der Waals surface area (Å²) in [5, 5.41) is 0. The number of anilines is 1. The molecule has 0 aliphatic carbocycles. The molecule has 1 aliphatic rings. The Morgan fingerprint density at radius 1 is 1.43 bits per heavy atom. The highest BCUT2D eigenvalue weighted by atomic mass is 79.9. The molecule has 0 saturated carbocycles. The van der Waals surface area contributed by atoms with Crippen LogP contribution in [-0.4, -0.2) is 23.0 Å². The molecule has 0 atom stereocenters. The Kier molecular flexibility index (Phi) is 3.03. The van der Waals surface area contributed by atoms with E-state index in [4.69, 9.17) is 5.73 Å². The van der Waals surface area contributed by atoms with Crippen LogP contribution in [0.5, 0.6) is 0 Å². The van der Waals surface area contributed by atoms with E-state index in [2.05, 4.69) is 31.9 Å². The Labute approximate surface area is 92.4 Å². The van der Waals surface area contributed by atoms with Crippen LogP contribution in [0.3, 0.4) is 0 Å². The Morgan fingerprint density at radius 2 is 2.14 bits per heavy atom. The third-order valence-corrected chi connectivity index (χ3v) is 2.99. The van der Waals surface area contributed by atoms with Crippen molar-refractivity contribution in [2.45, 2.75) is 19.4 Å². The molecular formula is C10H14BrN3. The number of pyridine rings is 1. The number of aromatic nitrogens is 1. The lowest BCUT2D eigenvalue weighted by atomic mass is 10.2. The summed E-state index contributed by atoms with van der Waals surface area (Å²) in [5.41, 5.74) is 6.94. The van der Waals surface area contributed by atoms with Crippen molar-refractivity contribution in [1.29, 1.82) is 0 Å². The third kappa shape index (κ3) is 2.25. The Bertz CT molecular complexity index is 321. The minimum absolute atomic E-state index is 0.653. The van der Waals surface area contributed by atoms with Crippen molar-refractivity contribution in [2.75, 3.05) is 18.8 Å². The Balaban J connectivity index is 2.10. The second kappa shape index (κ2) is 4.28. The van der Waals surface area contributed by atoms with Gasteiger partial charge < -0.3 is 5.73 Å². The highest BCUT2D eigenvalue weighted by Crippen LogP contribution is 2.19. The van der Waals surface area contributed by atoms with Crippen molar-refractivity contribution in [3.05, 3.63) is 22.3 Å². The van der Waals surface area contributed by atoms with Crippen LogP contribution in [0.15, 0.2) is 16.7 Å². The summed E-state index contributed by atoms with van der Waals surface area (Å²) in [6.45, 7) is 3.30. The molecule has 1 aromatic rings. The summed E-state index contributed by atoms with van der Waals surface area (Å²) in [4.78, 5) is 6.54. The predicted octanol–water partition coefficient (Wildman–Crippen LogP) is 2.02. The van der Waals surface area contributed by atoms with E-state index >= 15 is 0 Å². The van der Waals surface area contributed by atoms with Gasteiger partial charge in [-0.15, -0.1) is 0 Å². The van der Waals surface area contributed by atoms with Crippen molar-refractivity contribution < 1.29 is 0 Å². The van der Waals surface area contributed by atoms with E-state index in [-0.39, 0.29) is 0 Å². The first-order chi connectivity index (χ1) is 6.75. The first-order valence-corrected chi connectivity index (χ1v) is 5.67. The zero-order valence-corrected chi connectivity index (χ0v) is 9.63. The van der Waals surface area contributed by atoms with E-state index in [9.17, 15) is 0 Å². The molecule has 2 heterocycles. The number of nitrogen functional groups attached to an aromatic ring is 1. The minimum atomic E-state index is 0.653. The molecule has 1 fully saturated rings. The molecule has 76 valence electrons. The van der Waals surface area contributed by atoms with Gasteiger partial charge >= 0.3 is 0 Å². The van der Waals surface area contributed by atoms with Crippen LogP contribution in [0, 0.1) is 0 Å². The smallest absolute Gasteiger partial charge is 0.127 e. The lowest BCUT2D eigenvalue weighted by molar-refractivity contribution is 0.331. The molecule has 0 radical (unpaired) electrons. The van der Waals surface area contributed by atoms with Gasteiger partial charge in [0.1, 0.15) is 5.82 Å². The fourth-order valence-electron chi connectivity index (χ4n) is 1.80. The van der Waals surface area contributed by atoms with E-state index in [1.54, 1.807) is 6.20 Å². The SMILES string of the molecule is Nc1ncc(Br)cc1CN1CCCC1. The number of hydrogen-bond acceptors (Lipinski definition) is 3. The number of rotatable bonds is 2. The lowest BCUT2D eigenvalue weighted by Gasteiger charge is -2.15. The summed E-state index contributed by atoms with van der Waals surface area (Å²) < 4.78 is 1.00. The quantitative estimate of drug-likeness (QED) is 0.880. The molecule has 3 nitrogen and oxygen atoms in total. The zero-order valence-electron chi connectivity index (χ0n) is 8.04. The van der Waals surface area contributed by atoms with Crippen LogP contribution in [-0.2, 0) is 6.54 Å².